The third-order valence-electron chi connectivity index (χ3n) is 3.12. The predicted octanol–water partition coefficient (Wildman–Crippen LogP) is 4.62. The van der Waals surface area contributed by atoms with E-state index in [1.807, 2.05) is 31.2 Å². The van der Waals surface area contributed by atoms with E-state index in [1.165, 1.54) is 12.1 Å². The minimum atomic E-state index is -0.533. The number of nitrogens with one attached hydrogen (secondary N) is 1. The van der Waals surface area contributed by atoms with Gasteiger partial charge in [0.25, 0.3) is 0 Å². The second kappa shape index (κ2) is 6.76. The van der Waals surface area contributed by atoms with E-state index in [-0.39, 0.29) is 11.7 Å². The summed E-state index contributed by atoms with van der Waals surface area (Å²) in [5, 5.41) is 11.8. The summed E-state index contributed by atoms with van der Waals surface area (Å²) in [6.45, 7) is 4.07. The van der Waals surface area contributed by atoms with Crippen LogP contribution >= 0.6 is 0 Å². The van der Waals surface area contributed by atoms with Crippen LogP contribution in [0.3, 0.4) is 0 Å². The molecule has 0 saturated carbocycles. The molecule has 0 radical (unpaired) electrons. The topological polar surface area (TPSA) is 45.0 Å². The van der Waals surface area contributed by atoms with E-state index in [1.54, 1.807) is 12.1 Å². The molecule has 0 aliphatic heterocycles. The maximum Gasteiger partial charge on any atom is 0.143 e. The summed E-state index contributed by atoms with van der Waals surface area (Å²) >= 11 is 0. The first kappa shape index (κ1) is 14.9. The first-order valence-corrected chi connectivity index (χ1v) is 6.85. The van der Waals surface area contributed by atoms with Crippen LogP contribution in [-0.4, -0.2) is 6.10 Å². The number of hydrogen-bond donors (Lipinski definition) is 1. The van der Waals surface area contributed by atoms with Crippen LogP contribution in [0.1, 0.15) is 25.8 Å². The Kier molecular flexibility index (Phi) is 4.78. The molecule has 1 N–H and O–H groups in total. The molecular weight excluding hydrogens is 267 g/mol. The molecule has 0 spiro atoms. The summed E-state index contributed by atoms with van der Waals surface area (Å²) in [6.07, 6.45) is 1.07. The Morgan fingerprint density at radius 2 is 2.00 bits per heavy atom. The van der Waals surface area contributed by atoms with Crippen LogP contribution in [0, 0.1) is 17.1 Å². The fourth-order valence-electron chi connectivity index (χ4n) is 1.81. The molecule has 21 heavy (non-hydrogen) atoms. The Labute approximate surface area is 124 Å². The van der Waals surface area contributed by atoms with Crippen molar-refractivity contribution in [3.8, 4) is 11.8 Å². The highest BCUT2D eigenvalue weighted by molar-refractivity contribution is 5.62. The molecule has 0 aliphatic carbocycles. The maximum atomic E-state index is 13.6. The molecule has 2 aromatic rings. The maximum absolute atomic E-state index is 13.6. The molecule has 0 fully saturated rings. The molecule has 108 valence electrons. The number of nitriles is 1. The number of hydrogen-bond acceptors (Lipinski definition) is 3. The highest BCUT2D eigenvalue weighted by atomic mass is 19.1. The van der Waals surface area contributed by atoms with Crippen molar-refractivity contribution in [3.63, 3.8) is 0 Å². The van der Waals surface area contributed by atoms with Crippen LogP contribution in [0.25, 0.3) is 0 Å². The van der Waals surface area contributed by atoms with Gasteiger partial charge in [-0.2, -0.15) is 5.26 Å². The molecule has 0 saturated heterocycles. The van der Waals surface area contributed by atoms with Gasteiger partial charge in [0, 0.05) is 17.4 Å². The lowest BCUT2D eigenvalue weighted by Crippen LogP contribution is -2.09. The first-order valence-electron chi connectivity index (χ1n) is 6.85. The molecule has 0 amide bonds. The van der Waals surface area contributed by atoms with Gasteiger partial charge in [0.1, 0.15) is 17.6 Å². The van der Waals surface area contributed by atoms with E-state index < -0.39 is 5.82 Å². The van der Waals surface area contributed by atoms with Crippen LogP contribution in [0.4, 0.5) is 15.8 Å². The van der Waals surface area contributed by atoms with Gasteiger partial charge < -0.3 is 10.1 Å². The predicted molar refractivity (Wildman–Crippen MR) is 81.2 cm³/mol. The quantitative estimate of drug-likeness (QED) is 0.871. The summed E-state index contributed by atoms with van der Waals surface area (Å²) in [5.74, 6) is 0.234. The van der Waals surface area contributed by atoms with Crippen molar-refractivity contribution < 1.29 is 9.13 Å². The molecule has 0 aromatic heterocycles. The molecule has 0 bridgehead atoms. The van der Waals surface area contributed by atoms with E-state index in [9.17, 15) is 4.39 Å². The number of anilines is 2. The van der Waals surface area contributed by atoms with Gasteiger partial charge in [-0.3, -0.25) is 0 Å². The molecule has 1 unspecified atom stereocenters. The standard InChI is InChI=1S/C17H17FN2O/c1-3-12(2)21-16-6-4-5-14(9-16)20-15-8-7-13(11-19)17(18)10-15/h4-10,12,20H,3H2,1-2H3. The second-order valence-electron chi connectivity index (χ2n) is 4.80. The molecule has 3 nitrogen and oxygen atoms in total. The summed E-state index contributed by atoms with van der Waals surface area (Å²) in [7, 11) is 0. The number of rotatable bonds is 5. The summed E-state index contributed by atoms with van der Waals surface area (Å²) < 4.78 is 19.3. The zero-order valence-corrected chi connectivity index (χ0v) is 12.1. The smallest absolute Gasteiger partial charge is 0.143 e. The van der Waals surface area contributed by atoms with E-state index in [2.05, 4.69) is 12.2 Å². The number of halogens is 1. The van der Waals surface area contributed by atoms with E-state index >= 15 is 0 Å². The number of nitrogens with zero attached hydrogens (tertiary/aromatic N) is 1. The zero-order valence-electron chi connectivity index (χ0n) is 12.1. The molecule has 0 aliphatic rings. The van der Waals surface area contributed by atoms with Gasteiger partial charge in [-0.25, -0.2) is 4.39 Å². The number of benzene rings is 2. The lowest BCUT2D eigenvalue weighted by Gasteiger charge is -2.14. The first-order chi connectivity index (χ1) is 10.1. The van der Waals surface area contributed by atoms with Crippen LogP contribution in [0.5, 0.6) is 5.75 Å². The van der Waals surface area contributed by atoms with Gasteiger partial charge in [0.05, 0.1) is 11.7 Å². The zero-order chi connectivity index (χ0) is 15.2. The summed E-state index contributed by atoms with van der Waals surface area (Å²) in [5.41, 5.74) is 1.43. The van der Waals surface area contributed by atoms with Crippen LogP contribution in [0.15, 0.2) is 42.5 Å². The molecule has 2 rings (SSSR count). The Morgan fingerprint density at radius 1 is 1.24 bits per heavy atom. The number of ether oxygens (including phenoxy) is 1. The Balaban J connectivity index is 2.14. The summed E-state index contributed by atoms with van der Waals surface area (Å²) in [6, 6.07) is 13.7. The highest BCUT2D eigenvalue weighted by Gasteiger charge is 2.05. The Hall–Kier alpha value is -2.54. The lowest BCUT2D eigenvalue weighted by atomic mass is 10.2. The van der Waals surface area contributed by atoms with E-state index in [0.29, 0.717) is 5.69 Å². The van der Waals surface area contributed by atoms with Crippen molar-refractivity contribution in [2.75, 3.05) is 5.32 Å². The molecule has 1 atom stereocenters. The summed E-state index contributed by atoms with van der Waals surface area (Å²) in [4.78, 5) is 0. The van der Waals surface area contributed by atoms with Crippen molar-refractivity contribution in [2.24, 2.45) is 0 Å². The van der Waals surface area contributed by atoms with Crippen molar-refractivity contribution >= 4 is 11.4 Å². The van der Waals surface area contributed by atoms with Gasteiger partial charge in [-0.1, -0.05) is 13.0 Å². The third-order valence-corrected chi connectivity index (χ3v) is 3.12. The van der Waals surface area contributed by atoms with Crippen molar-refractivity contribution in [1.82, 2.24) is 0 Å². The van der Waals surface area contributed by atoms with E-state index in [4.69, 9.17) is 10.00 Å². The van der Waals surface area contributed by atoms with Gasteiger partial charge in [0.2, 0.25) is 0 Å². The van der Waals surface area contributed by atoms with Crippen LogP contribution < -0.4 is 10.1 Å². The molecule has 4 heteroatoms. The lowest BCUT2D eigenvalue weighted by molar-refractivity contribution is 0.217. The Morgan fingerprint density at radius 3 is 2.67 bits per heavy atom. The van der Waals surface area contributed by atoms with Crippen LogP contribution in [0.2, 0.25) is 0 Å². The third kappa shape index (κ3) is 3.96. The fourth-order valence-corrected chi connectivity index (χ4v) is 1.81. The normalized spacial score (nSPS) is 11.5. The molecular formula is C17H17FN2O. The molecule has 2 aromatic carbocycles. The largest absolute Gasteiger partial charge is 0.491 e. The van der Waals surface area contributed by atoms with Gasteiger partial charge in [-0.15, -0.1) is 0 Å². The fraction of sp³-hybridized carbons (Fsp3) is 0.235. The second-order valence-corrected chi connectivity index (χ2v) is 4.80. The monoisotopic (exact) mass is 284 g/mol. The van der Waals surface area contributed by atoms with Crippen molar-refractivity contribution in [1.29, 1.82) is 5.26 Å². The van der Waals surface area contributed by atoms with Gasteiger partial charge >= 0.3 is 0 Å². The van der Waals surface area contributed by atoms with E-state index in [0.717, 1.165) is 17.9 Å². The van der Waals surface area contributed by atoms with Crippen LogP contribution in [-0.2, 0) is 0 Å². The van der Waals surface area contributed by atoms with Crippen molar-refractivity contribution in [2.45, 2.75) is 26.4 Å². The Bertz CT molecular complexity index is 664. The average Bonchev–Trinajstić information content (AvgIpc) is 2.47. The minimum Gasteiger partial charge on any atom is -0.491 e. The minimum absolute atomic E-state index is 0.0365. The SMILES string of the molecule is CCC(C)Oc1cccc(Nc2ccc(C#N)c(F)c2)c1. The average molecular weight is 284 g/mol. The highest BCUT2D eigenvalue weighted by Crippen LogP contribution is 2.23. The van der Waals surface area contributed by atoms with Gasteiger partial charge in [0.15, 0.2) is 0 Å². The molecule has 0 heterocycles. The van der Waals surface area contributed by atoms with Gasteiger partial charge in [-0.05, 0) is 43.7 Å². The van der Waals surface area contributed by atoms with Crippen molar-refractivity contribution in [3.05, 3.63) is 53.8 Å².